The third-order valence-corrected chi connectivity index (χ3v) is 6.89. The molecular weight excluding hydrogens is 557 g/mol. The van der Waals surface area contributed by atoms with Gasteiger partial charge in [-0.2, -0.15) is 20.1 Å². The summed E-state index contributed by atoms with van der Waals surface area (Å²) in [6.45, 7) is 3.86. The van der Waals surface area contributed by atoms with Gasteiger partial charge >= 0.3 is 5.97 Å². The Morgan fingerprint density at radius 3 is 2.09 bits per heavy atom. The summed E-state index contributed by atoms with van der Waals surface area (Å²) in [7, 11) is 0. The zero-order chi connectivity index (χ0) is 24.0. The van der Waals surface area contributed by atoms with Crippen LogP contribution in [-0.4, -0.2) is 53.3 Å². The summed E-state index contributed by atoms with van der Waals surface area (Å²) in [4.78, 5) is 30.7. The van der Waals surface area contributed by atoms with Gasteiger partial charge in [-0.25, -0.2) is 10.2 Å². The third kappa shape index (κ3) is 5.87. The van der Waals surface area contributed by atoms with Gasteiger partial charge in [0.25, 0.3) is 0 Å². The number of benzene rings is 2. The van der Waals surface area contributed by atoms with E-state index < -0.39 is 0 Å². The van der Waals surface area contributed by atoms with Crippen molar-refractivity contribution in [2.24, 2.45) is 5.10 Å². The quantitative estimate of drug-likeness (QED) is 0.144. The van der Waals surface area contributed by atoms with Crippen LogP contribution in [0.15, 0.2) is 53.6 Å². The minimum atomic E-state index is -0.379. The second-order valence-electron chi connectivity index (χ2n) is 8.46. The van der Waals surface area contributed by atoms with Crippen molar-refractivity contribution in [3.63, 3.8) is 0 Å². The molecule has 3 heterocycles. The molecule has 0 unspecified atom stereocenters. The molecular formula is C25H26IN7O2. The summed E-state index contributed by atoms with van der Waals surface area (Å²) in [5, 5.41) is 4.32. The van der Waals surface area contributed by atoms with Crippen molar-refractivity contribution in [3.8, 4) is 5.75 Å². The Morgan fingerprint density at radius 1 is 0.886 bits per heavy atom. The SMILES string of the molecule is O=C(Oc1ccc(/C=N\Nc2nc(N3CCCC3)nc(N3CCCC3)n2)cc1)c1ccccc1I. The maximum absolute atomic E-state index is 12.4. The molecule has 0 aliphatic carbocycles. The summed E-state index contributed by atoms with van der Waals surface area (Å²) < 4.78 is 6.34. The number of esters is 1. The van der Waals surface area contributed by atoms with Gasteiger partial charge in [0.05, 0.1) is 11.8 Å². The first-order valence-electron chi connectivity index (χ1n) is 11.8. The fraction of sp³-hybridized carbons (Fsp3) is 0.320. The number of nitrogens with one attached hydrogen (secondary N) is 1. The number of nitrogens with zero attached hydrogens (tertiary/aromatic N) is 6. The summed E-state index contributed by atoms with van der Waals surface area (Å²) in [5.41, 5.74) is 4.35. The Hall–Kier alpha value is -3.28. The van der Waals surface area contributed by atoms with Crippen LogP contribution in [0, 0.1) is 3.57 Å². The molecule has 0 bridgehead atoms. The fourth-order valence-electron chi connectivity index (χ4n) is 4.10. The monoisotopic (exact) mass is 583 g/mol. The average molecular weight is 583 g/mol. The number of hydrogen-bond acceptors (Lipinski definition) is 9. The molecule has 2 aliphatic rings. The maximum Gasteiger partial charge on any atom is 0.344 e. The predicted octanol–water partition coefficient (Wildman–Crippen LogP) is 4.34. The Morgan fingerprint density at radius 2 is 1.49 bits per heavy atom. The predicted molar refractivity (Wildman–Crippen MR) is 144 cm³/mol. The third-order valence-electron chi connectivity index (χ3n) is 5.95. The average Bonchev–Trinajstić information content (AvgIpc) is 3.60. The molecule has 2 aliphatic heterocycles. The molecule has 0 atom stereocenters. The number of hydrogen-bond donors (Lipinski definition) is 1. The zero-order valence-electron chi connectivity index (χ0n) is 19.2. The molecule has 2 fully saturated rings. The maximum atomic E-state index is 12.4. The van der Waals surface area contributed by atoms with Crippen molar-refractivity contribution in [3.05, 3.63) is 63.2 Å². The van der Waals surface area contributed by atoms with Gasteiger partial charge in [0.1, 0.15) is 5.75 Å². The van der Waals surface area contributed by atoms with Crippen LogP contribution in [0.25, 0.3) is 0 Å². The van der Waals surface area contributed by atoms with E-state index in [1.54, 1.807) is 24.4 Å². The molecule has 9 nitrogen and oxygen atoms in total. The number of ether oxygens (including phenoxy) is 1. The molecule has 0 saturated carbocycles. The van der Waals surface area contributed by atoms with E-state index in [1.807, 2.05) is 30.3 Å². The molecule has 35 heavy (non-hydrogen) atoms. The van der Waals surface area contributed by atoms with E-state index in [4.69, 9.17) is 9.72 Å². The highest BCUT2D eigenvalue weighted by atomic mass is 127. The number of anilines is 3. The number of hydrazone groups is 1. The van der Waals surface area contributed by atoms with Gasteiger partial charge in [-0.05, 0) is 90.2 Å². The van der Waals surface area contributed by atoms with Crippen molar-refractivity contribution >= 4 is 52.6 Å². The van der Waals surface area contributed by atoms with Gasteiger partial charge in [0.2, 0.25) is 17.8 Å². The smallest absolute Gasteiger partial charge is 0.344 e. The van der Waals surface area contributed by atoms with Crippen molar-refractivity contribution in [1.82, 2.24) is 15.0 Å². The van der Waals surface area contributed by atoms with Gasteiger partial charge in [-0.1, -0.05) is 12.1 Å². The Bertz CT molecular complexity index is 1170. The molecule has 180 valence electrons. The van der Waals surface area contributed by atoms with Crippen LogP contribution in [0.2, 0.25) is 0 Å². The Labute approximate surface area is 217 Å². The first-order chi connectivity index (χ1) is 17.2. The molecule has 5 rings (SSSR count). The minimum Gasteiger partial charge on any atom is -0.423 e. The second kappa shape index (κ2) is 11.0. The fourth-order valence-corrected chi connectivity index (χ4v) is 4.70. The van der Waals surface area contributed by atoms with Gasteiger partial charge in [0.15, 0.2) is 0 Å². The van der Waals surface area contributed by atoms with Crippen LogP contribution in [-0.2, 0) is 0 Å². The summed E-state index contributed by atoms with van der Waals surface area (Å²) in [5.74, 6) is 1.94. The summed E-state index contributed by atoms with van der Waals surface area (Å²) >= 11 is 2.12. The number of carbonyl (C=O) groups is 1. The number of rotatable bonds is 7. The molecule has 0 radical (unpaired) electrons. The lowest BCUT2D eigenvalue weighted by molar-refractivity contribution is 0.0733. The van der Waals surface area contributed by atoms with E-state index in [0.29, 0.717) is 29.2 Å². The highest BCUT2D eigenvalue weighted by molar-refractivity contribution is 14.1. The highest BCUT2D eigenvalue weighted by Gasteiger charge is 2.21. The van der Waals surface area contributed by atoms with E-state index in [-0.39, 0.29) is 5.97 Å². The lowest BCUT2D eigenvalue weighted by Gasteiger charge is -2.20. The lowest BCUT2D eigenvalue weighted by Crippen LogP contribution is -2.25. The molecule has 1 aromatic heterocycles. The summed E-state index contributed by atoms with van der Waals surface area (Å²) in [6, 6.07) is 14.5. The second-order valence-corrected chi connectivity index (χ2v) is 9.62. The number of aromatic nitrogens is 3. The molecule has 2 aromatic carbocycles. The van der Waals surface area contributed by atoms with E-state index in [2.05, 4.69) is 52.9 Å². The van der Waals surface area contributed by atoms with Crippen LogP contribution < -0.4 is 20.0 Å². The highest BCUT2D eigenvalue weighted by Crippen LogP contribution is 2.23. The molecule has 3 aromatic rings. The molecule has 0 spiro atoms. The van der Waals surface area contributed by atoms with E-state index >= 15 is 0 Å². The van der Waals surface area contributed by atoms with E-state index in [1.165, 1.54) is 0 Å². The van der Waals surface area contributed by atoms with E-state index in [0.717, 1.165) is 61.0 Å². The lowest BCUT2D eigenvalue weighted by atomic mass is 10.2. The van der Waals surface area contributed by atoms with Gasteiger partial charge in [0, 0.05) is 29.7 Å². The first kappa shape index (κ1) is 23.5. The van der Waals surface area contributed by atoms with Gasteiger partial charge in [-0.15, -0.1) is 0 Å². The van der Waals surface area contributed by atoms with E-state index in [9.17, 15) is 4.79 Å². The molecule has 0 amide bonds. The van der Waals surface area contributed by atoms with Crippen molar-refractivity contribution in [2.45, 2.75) is 25.7 Å². The van der Waals surface area contributed by atoms with Crippen LogP contribution in [0.4, 0.5) is 17.8 Å². The minimum absolute atomic E-state index is 0.379. The summed E-state index contributed by atoms with van der Waals surface area (Å²) in [6.07, 6.45) is 6.30. The largest absolute Gasteiger partial charge is 0.423 e. The van der Waals surface area contributed by atoms with Crippen molar-refractivity contribution in [1.29, 1.82) is 0 Å². The topological polar surface area (TPSA) is 95.8 Å². The zero-order valence-corrected chi connectivity index (χ0v) is 21.4. The van der Waals surface area contributed by atoms with Crippen LogP contribution in [0.1, 0.15) is 41.6 Å². The Balaban J connectivity index is 1.24. The van der Waals surface area contributed by atoms with Gasteiger partial charge < -0.3 is 14.5 Å². The number of carbonyl (C=O) groups excluding carboxylic acids is 1. The standard InChI is InChI=1S/C25H26IN7O2/c26-21-8-2-1-7-20(21)22(34)35-19-11-9-18(10-12-19)17-27-31-23-28-24(32-13-3-4-14-32)30-25(29-23)33-15-5-6-16-33/h1-2,7-12,17H,3-6,13-16H2,(H,28,29,30,31)/b27-17-. The van der Waals surface area contributed by atoms with Crippen LogP contribution in [0.5, 0.6) is 5.75 Å². The van der Waals surface area contributed by atoms with Gasteiger partial charge in [-0.3, -0.25) is 0 Å². The molecule has 10 heteroatoms. The first-order valence-corrected chi connectivity index (χ1v) is 12.9. The van der Waals surface area contributed by atoms with Crippen molar-refractivity contribution < 1.29 is 9.53 Å². The molecule has 2 saturated heterocycles. The number of halogens is 1. The van der Waals surface area contributed by atoms with Crippen LogP contribution >= 0.6 is 22.6 Å². The van der Waals surface area contributed by atoms with Crippen molar-refractivity contribution in [2.75, 3.05) is 41.4 Å². The molecule has 1 N–H and O–H groups in total. The Kier molecular flexibility index (Phi) is 7.36. The van der Waals surface area contributed by atoms with Crippen LogP contribution in [0.3, 0.4) is 0 Å². The normalized spacial score (nSPS) is 15.7.